The molecule has 0 unspecified atom stereocenters. The molecule has 2 saturated heterocycles. The lowest BCUT2D eigenvalue weighted by Crippen LogP contribution is -2.33. The van der Waals surface area contributed by atoms with Gasteiger partial charge in [-0.05, 0) is 60.6 Å². The van der Waals surface area contributed by atoms with Gasteiger partial charge in [0.25, 0.3) is 5.79 Å². The Labute approximate surface area is 256 Å². The SMILES string of the molecule is C[C@@]1(c2ccc(Cl)cn2)Oc2ccc(F)c([C@H]3[C@@H]4CN(Cc5nc6c(Cl)cc(C(O)O)cc6n5C[C@@H]5CCO5)C[C@@H]43)c2O1. The summed E-state index contributed by atoms with van der Waals surface area (Å²) in [5.41, 5.74) is 2.82. The monoisotopic (exact) mass is 626 g/mol. The molecule has 2 aromatic heterocycles. The highest BCUT2D eigenvalue weighted by molar-refractivity contribution is 6.35. The summed E-state index contributed by atoms with van der Waals surface area (Å²) in [7, 11) is 0. The van der Waals surface area contributed by atoms with Crippen molar-refractivity contribution in [1.82, 2.24) is 19.4 Å². The van der Waals surface area contributed by atoms with Crippen LogP contribution in [0.3, 0.4) is 0 Å². The molecule has 3 aliphatic heterocycles. The number of nitrogens with zero attached hydrogens (tertiary/aromatic N) is 4. The Morgan fingerprint density at radius 1 is 1.12 bits per heavy atom. The molecule has 5 atom stereocenters. The van der Waals surface area contributed by atoms with Crippen LogP contribution >= 0.6 is 23.2 Å². The number of hydrogen-bond donors (Lipinski definition) is 2. The molecule has 4 aliphatic rings. The van der Waals surface area contributed by atoms with Crippen LogP contribution in [0.1, 0.15) is 48.2 Å². The third-order valence-corrected chi connectivity index (χ3v) is 9.77. The predicted molar refractivity (Wildman–Crippen MR) is 156 cm³/mol. The number of rotatable bonds is 7. The molecule has 1 saturated carbocycles. The molecule has 2 N–H and O–H groups in total. The Balaban J connectivity index is 1.03. The lowest BCUT2D eigenvalue weighted by molar-refractivity contribution is -0.0721. The summed E-state index contributed by atoms with van der Waals surface area (Å²) in [6, 6.07) is 9.81. The Morgan fingerprint density at radius 2 is 1.91 bits per heavy atom. The van der Waals surface area contributed by atoms with Gasteiger partial charge in [-0.15, -0.1) is 0 Å². The van der Waals surface area contributed by atoms with Crippen molar-refractivity contribution >= 4 is 34.2 Å². The first-order valence-corrected chi connectivity index (χ1v) is 15.1. The first-order valence-electron chi connectivity index (χ1n) is 14.4. The van der Waals surface area contributed by atoms with Gasteiger partial charge in [-0.25, -0.2) is 9.37 Å². The number of halogens is 3. The van der Waals surface area contributed by atoms with Crippen molar-refractivity contribution in [2.24, 2.45) is 11.8 Å². The molecule has 1 aliphatic carbocycles. The number of piperidine rings is 1. The van der Waals surface area contributed by atoms with E-state index in [2.05, 4.69) is 14.5 Å². The van der Waals surface area contributed by atoms with E-state index in [1.165, 1.54) is 18.3 Å². The maximum Gasteiger partial charge on any atom is 0.292 e. The van der Waals surface area contributed by atoms with Crippen molar-refractivity contribution in [3.05, 3.63) is 81.1 Å². The van der Waals surface area contributed by atoms with E-state index in [0.29, 0.717) is 57.0 Å². The summed E-state index contributed by atoms with van der Waals surface area (Å²) in [6.45, 7) is 5.27. The molecular weight excluding hydrogens is 598 g/mol. The molecule has 0 amide bonds. The smallest absolute Gasteiger partial charge is 0.292 e. The number of aromatic nitrogens is 3. The summed E-state index contributed by atoms with van der Waals surface area (Å²) in [4.78, 5) is 11.6. The second kappa shape index (κ2) is 10.0. The standard InChI is InChI=1S/C31H29Cl2FN4O5/c1-31(24-5-2-16(32)10-35-24)42-23-4-3-21(34)27(29(23)43-31)26-18-12-37(13-19(18)26)14-25-36-28-20(33)8-15(30(39)40)9-22(28)38(25)11-17-6-7-41-17/h2-5,8-10,17-19,26,30,39-40H,6-7,11-14H2,1H3/t17-,18-,19+,26+,31+/m0/s1. The number of ether oxygens (including phenoxy) is 3. The molecule has 0 spiro atoms. The van der Waals surface area contributed by atoms with Crippen molar-refractivity contribution in [2.45, 2.75) is 50.5 Å². The van der Waals surface area contributed by atoms with Gasteiger partial charge in [0.1, 0.15) is 22.9 Å². The van der Waals surface area contributed by atoms with Crippen LogP contribution in [0.15, 0.2) is 42.6 Å². The van der Waals surface area contributed by atoms with Gasteiger partial charge in [0.05, 0.1) is 34.8 Å². The highest BCUT2D eigenvalue weighted by Crippen LogP contribution is 2.63. The molecular formula is C31H29Cl2FN4O5. The lowest BCUT2D eigenvalue weighted by atomic mass is 10.0. The molecule has 8 rings (SSSR count). The van der Waals surface area contributed by atoms with Crippen LogP contribution in [0, 0.1) is 17.7 Å². The highest BCUT2D eigenvalue weighted by atomic mass is 35.5. The zero-order chi connectivity index (χ0) is 29.6. The summed E-state index contributed by atoms with van der Waals surface area (Å²) in [6.07, 6.45) is 0.936. The van der Waals surface area contributed by atoms with Gasteiger partial charge >= 0.3 is 0 Å². The molecule has 0 radical (unpaired) electrons. The average molecular weight is 628 g/mol. The molecule has 224 valence electrons. The molecule has 4 aromatic rings. The Kier molecular flexibility index (Phi) is 6.42. The number of hydrogen-bond acceptors (Lipinski definition) is 8. The molecule has 5 heterocycles. The number of aliphatic hydroxyl groups excluding tert-OH is 1. The van der Waals surface area contributed by atoms with E-state index >= 15 is 4.39 Å². The van der Waals surface area contributed by atoms with Crippen molar-refractivity contribution < 1.29 is 28.8 Å². The van der Waals surface area contributed by atoms with Crippen LogP contribution in [0.4, 0.5) is 4.39 Å². The minimum absolute atomic E-state index is 0.0283. The van der Waals surface area contributed by atoms with Gasteiger partial charge < -0.3 is 29.0 Å². The van der Waals surface area contributed by atoms with E-state index in [4.69, 9.17) is 42.4 Å². The van der Waals surface area contributed by atoms with Crippen LogP contribution in [-0.4, -0.2) is 55.4 Å². The Hall–Kier alpha value is -2.99. The molecule has 12 heteroatoms. The van der Waals surface area contributed by atoms with Gasteiger partial charge in [-0.2, -0.15) is 0 Å². The van der Waals surface area contributed by atoms with E-state index in [0.717, 1.165) is 37.5 Å². The van der Waals surface area contributed by atoms with Crippen LogP contribution < -0.4 is 9.47 Å². The summed E-state index contributed by atoms with van der Waals surface area (Å²) < 4.78 is 35.7. The van der Waals surface area contributed by atoms with E-state index in [-0.39, 0.29) is 29.7 Å². The van der Waals surface area contributed by atoms with Crippen LogP contribution in [0.25, 0.3) is 11.0 Å². The van der Waals surface area contributed by atoms with Crippen LogP contribution in [0.2, 0.25) is 10.0 Å². The molecule has 0 bridgehead atoms. The second-order valence-electron chi connectivity index (χ2n) is 12.0. The fraction of sp³-hybridized carbons (Fsp3) is 0.419. The fourth-order valence-corrected chi connectivity index (χ4v) is 7.33. The number of benzene rings is 2. The van der Waals surface area contributed by atoms with Crippen LogP contribution in [0.5, 0.6) is 11.5 Å². The molecule has 43 heavy (non-hydrogen) atoms. The average Bonchev–Trinajstić information content (AvgIpc) is 3.25. The summed E-state index contributed by atoms with van der Waals surface area (Å²) in [5, 5.41) is 20.4. The minimum Gasteiger partial charge on any atom is -0.443 e. The largest absolute Gasteiger partial charge is 0.443 e. The summed E-state index contributed by atoms with van der Waals surface area (Å²) in [5.74, 6) is 0.903. The van der Waals surface area contributed by atoms with E-state index in [1.54, 1.807) is 31.2 Å². The van der Waals surface area contributed by atoms with Gasteiger partial charge in [0.2, 0.25) is 0 Å². The van der Waals surface area contributed by atoms with E-state index < -0.39 is 12.1 Å². The predicted octanol–water partition coefficient (Wildman–Crippen LogP) is 5.14. The zero-order valence-corrected chi connectivity index (χ0v) is 24.7. The number of pyridine rings is 1. The number of aliphatic hydroxyl groups is 2. The topological polar surface area (TPSA) is 102 Å². The molecule has 9 nitrogen and oxygen atoms in total. The quantitative estimate of drug-likeness (QED) is 0.272. The Bertz CT molecular complexity index is 1730. The first-order chi connectivity index (χ1) is 20.7. The highest BCUT2D eigenvalue weighted by Gasteiger charge is 2.59. The van der Waals surface area contributed by atoms with E-state index in [1.807, 2.05) is 0 Å². The normalized spacial score (nSPS) is 27.6. The van der Waals surface area contributed by atoms with Crippen molar-refractivity contribution in [3.63, 3.8) is 0 Å². The maximum atomic E-state index is 15.4. The van der Waals surface area contributed by atoms with Crippen LogP contribution in [-0.2, 0) is 23.6 Å². The second-order valence-corrected chi connectivity index (χ2v) is 12.9. The zero-order valence-electron chi connectivity index (χ0n) is 23.2. The third kappa shape index (κ3) is 4.58. The minimum atomic E-state index is -1.63. The van der Waals surface area contributed by atoms with Gasteiger partial charge in [0, 0.05) is 43.9 Å². The lowest BCUT2D eigenvalue weighted by Gasteiger charge is -2.28. The van der Waals surface area contributed by atoms with Gasteiger partial charge in [-0.3, -0.25) is 9.88 Å². The van der Waals surface area contributed by atoms with E-state index in [9.17, 15) is 10.2 Å². The van der Waals surface area contributed by atoms with Gasteiger partial charge in [0.15, 0.2) is 17.8 Å². The number of likely N-dealkylation sites (tertiary alicyclic amines) is 1. The van der Waals surface area contributed by atoms with Gasteiger partial charge in [-0.1, -0.05) is 23.2 Å². The third-order valence-electron chi connectivity index (χ3n) is 9.26. The Morgan fingerprint density at radius 3 is 2.58 bits per heavy atom. The molecule has 2 aromatic carbocycles. The number of fused-ring (bicyclic) bond motifs is 3. The van der Waals surface area contributed by atoms with Crippen molar-refractivity contribution in [3.8, 4) is 11.5 Å². The first kappa shape index (κ1) is 27.6. The number of imidazole rings is 1. The van der Waals surface area contributed by atoms with Crippen molar-refractivity contribution in [1.29, 1.82) is 0 Å². The molecule has 3 fully saturated rings. The fourth-order valence-electron chi connectivity index (χ4n) is 6.95. The summed E-state index contributed by atoms with van der Waals surface area (Å²) >= 11 is 12.5. The maximum absolute atomic E-state index is 15.4. The van der Waals surface area contributed by atoms with Crippen molar-refractivity contribution in [2.75, 3.05) is 19.7 Å².